The van der Waals surface area contributed by atoms with E-state index in [0.29, 0.717) is 13.2 Å². The fourth-order valence-electron chi connectivity index (χ4n) is 0.645. The van der Waals surface area contributed by atoms with Gasteiger partial charge < -0.3 is 9.26 Å². The van der Waals surface area contributed by atoms with Crippen molar-refractivity contribution < 1.29 is 9.26 Å². The molecule has 0 saturated heterocycles. The van der Waals surface area contributed by atoms with Crippen molar-refractivity contribution in [3.63, 3.8) is 0 Å². The standard InChI is InChI=1S/C7H10NO2/c1-2-9-5-3-7-4-6-10-8-7/h4,6H,1-3,5H2. The first kappa shape index (κ1) is 7.28. The van der Waals surface area contributed by atoms with E-state index in [4.69, 9.17) is 4.74 Å². The molecule has 0 aromatic carbocycles. The van der Waals surface area contributed by atoms with E-state index in [0.717, 1.165) is 12.1 Å². The highest BCUT2D eigenvalue weighted by Crippen LogP contribution is 1.94. The number of rotatable bonds is 4. The van der Waals surface area contributed by atoms with E-state index in [1.165, 1.54) is 0 Å². The maximum Gasteiger partial charge on any atom is 0.124 e. The van der Waals surface area contributed by atoms with E-state index in [1.807, 2.05) is 6.07 Å². The summed E-state index contributed by atoms with van der Waals surface area (Å²) in [6.45, 7) is 4.71. The van der Waals surface area contributed by atoms with Gasteiger partial charge in [0.2, 0.25) is 0 Å². The maximum atomic E-state index is 5.01. The van der Waals surface area contributed by atoms with Crippen molar-refractivity contribution in [2.45, 2.75) is 6.42 Å². The van der Waals surface area contributed by atoms with Crippen LogP contribution in [0.2, 0.25) is 0 Å². The Morgan fingerprint density at radius 3 is 3.20 bits per heavy atom. The molecule has 0 atom stereocenters. The predicted molar refractivity (Wildman–Crippen MR) is 36.4 cm³/mol. The van der Waals surface area contributed by atoms with Crippen LogP contribution in [0.1, 0.15) is 5.69 Å². The van der Waals surface area contributed by atoms with E-state index < -0.39 is 0 Å². The van der Waals surface area contributed by atoms with Crippen LogP contribution in [0.4, 0.5) is 0 Å². The molecule has 0 bridgehead atoms. The average molecular weight is 140 g/mol. The third-order valence-electron chi connectivity index (χ3n) is 1.14. The zero-order valence-electron chi connectivity index (χ0n) is 5.75. The molecule has 0 aliphatic rings. The minimum absolute atomic E-state index is 0.512. The SMILES string of the molecule is [CH2]COCCc1ccon1. The van der Waals surface area contributed by atoms with Crippen LogP contribution in [0.15, 0.2) is 16.9 Å². The molecular weight excluding hydrogens is 130 g/mol. The van der Waals surface area contributed by atoms with Crippen molar-refractivity contribution in [2.75, 3.05) is 13.2 Å². The smallest absolute Gasteiger partial charge is 0.124 e. The second-order valence-electron chi connectivity index (χ2n) is 1.85. The molecule has 55 valence electrons. The van der Waals surface area contributed by atoms with Crippen molar-refractivity contribution in [3.8, 4) is 0 Å². The Bertz CT molecular complexity index is 160. The van der Waals surface area contributed by atoms with E-state index in [1.54, 1.807) is 6.26 Å². The minimum atomic E-state index is 0.512. The largest absolute Gasteiger partial charge is 0.381 e. The van der Waals surface area contributed by atoms with Crippen LogP contribution in [0.3, 0.4) is 0 Å². The fraction of sp³-hybridized carbons (Fsp3) is 0.429. The molecule has 3 heteroatoms. The first-order valence-electron chi connectivity index (χ1n) is 3.19. The summed E-state index contributed by atoms with van der Waals surface area (Å²) in [6, 6.07) is 1.83. The van der Waals surface area contributed by atoms with Crippen molar-refractivity contribution in [1.29, 1.82) is 0 Å². The molecule has 0 spiro atoms. The van der Waals surface area contributed by atoms with Crippen LogP contribution in [-0.2, 0) is 11.2 Å². The molecular formula is C7H10NO2. The average Bonchev–Trinajstić information content (AvgIpc) is 2.41. The molecule has 10 heavy (non-hydrogen) atoms. The topological polar surface area (TPSA) is 35.3 Å². The van der Waals surface area contributed by atoms with Gasteiger partial charge in [0.05, 0.1) is 12.3 Å². The van der Waals surface area contributed by atoms with Crippen molar-refractivity contribution in [2.24, 2.45) is 0 Å². The highest BCUT2D eigenvalue weighted by molar-refractivity contribution is 4.94. The lowest BCUT2D eigenvalue weighted by atomic mass is 10.3. The molecule has 0 unspecified atom stereocenters. The Morgan fingerprint density at radius 1 is 1.70 bits per heavy atom. The normalized spacial score (nSPS) is 10.1. The Balaban J connectivity index is 2.15. The van der Waals surface area contributed by atoms with Gasteiger partial charge in [0.1, 0.15) is 6.26 Å². The highest BCUT2D eigenvalue weighted by atomic mass is 16.5. The second-order valence-corrected chi connectivity index (χ2v) is 1.85. The van der Waals surface area contributed by atoms with E-state index in [9.17, 15) is 0 Å². The Labute approximate surface area is 60.0 Å². The molecule has 0 aliphatic heterocycles. The summed E-state index contributed by atoms with van der Waals surface area (Å²) in [5, 5.41) is 3.71. The Morgan fingerprint density at radius 2 is 2.60 bits per heavy atom. The number of aromatic nitrogens is 1. The molecule has 1 aromatic rings. The first-order valence-corrected chi connectivity index (χ1v) is 3.19. The molecule has 0 N–H and O–H groups in total. The molecule has 0 saturated carbocycles. The highest BCUT2D eigenvalue weighted by Gasteiger charge is 1.93. The van der Waals surface area contributed by atoms with Gasteiger partial charge in [-0.2, -0.15) is 0 Å². The third kappa shape index (κ3) is 2.19. The maximum absolute atomic E-state index is 5.01. The van der Waals surface area contributed by atoms with E-state index in [-0.39, 0.29) is 0 Å². The molecule has 1 aromatic heterocycles. The Kier molecular flexibility index (Phi) is 2.96. The van der Waals surface area contributed by atoms with E-state index >= 15 is 0 Å². The van der Waals surface area contributed by atoms with Gasteiger partial charge in [-0.1, -0.05) is 5.16 Å². The van der Waals surface area contributed by atoms with Gasteiger partial charge in [-0.3, -0.25) is 0 Å². The van der Waals surface area contributed by atoms with Crippen molar-refractivity contribution in [3.05, 3.63) is 24.9 Å². The molecule has 0 aliphatic carbocycles. The number of nitrogens with zero attached hydrogens (tertiary/aromatic N) is 1. The van der Waals surface area contributed by atoms with Crippen LogP contribution < -0.4 is 0 Å². The summed E-state index contributed by atoms with van der Waals surface area (Å²) in [5.74, 6) is 0. The van der Waals surface area contributed by atoms with Gasteiger partial charge in [0, 0.05) is 19.1 Å². The van der Waals surface area contributed by atoms with Crippen molar-refractivity contribution in [1.82, 2.24) is 5.16 Å². The molecule has 1 radical (unpaired) electrons. The van der Waals surface area contributed by atoms with Gasteiger partial charge >= 0.3 is 0 Å². The lowest BCUT2D eigenvalue weighted by molar-refractivity contribution is 0.163. The summed E-state index contributed by atoms with van der Waals surface area (Å²) in [7, 11) is 0. The zero-order chi connectivity index (χ0) is 7.23. The van der Waals surface area contributed by atoms with Gasteiger partial charge in [-0.15, -0.1) is 0 Å². The molecule has 3 nitrogen and oxygen atoms in total. The fourth-order valence-corrected chi connectivity index (χ4v) is 0.645. The van der Waals surface area contributed by atoms with Crippen LogP contribution in [-0.4, -0.2) is 18.4 Å². The molecule has 0 fully saturated rings. The number of hydrogen-bond donors (Lipinski definition) is 0. The van der Waals surface area contributed by atoms with Crippen molar-refractivity contribution >= 4 is 0 Å². The number of hydrogen-bond acceptors (Lipinski definition) is 3. The molecule has 1 heterocycles. The summed E-state index contributed by atoms with van der Waals surface area (Å²) in [6.07, 6.45) is 2.35. The molecule has 1 rings (SSSR count). The molecule has 0 amide bonds. The summed E-state index contributed by atoms with van der Waals surface area (Å²) < 4.78 is 9.64. The van der Waals surface area contributed by atoms with Gasteiger partial charge in [0.25, 0.3) is 0 Å². The van der Waals surface area contributed by atoms with Gasteiger partial charge in [-0.25, -0.2) is 0 Å². The van der Waals surface area contributed by atoms with Crippen LogP contribution in [0, 0.1) is 6.92 Å². The minimum Gasteiger partial charge on any atom is -0.381 e. The lowest BCUT2D eigenvalue weighted by Crippen LogP contribution is -1.97. The number of ether oxygens (including phenoxy) is 1. The van der Waals surface area contributed by atoms with Gasteiger partial charge in [0.15, 0.2) is 0 Å². The summed E-state index contributed by atoms with van der Waals surface area (Å²) >= 11 is 0. The third-order valence-corrected chi connectivity index (χ3v) is 1.14. The predicted octanol–water partition coefficient (Wildman–Crippen LogP) is 1.07. The summed E-state index contributed by atoms with van der Waals surface area (Å²) in [5.41, 5.74) is 0.924. The van der Waals surface area contributed by atoms with Crippen LogP contribution >= 0.6 is 0 Å². The van der Waals surface area contributed by atoms with Gasteiger partial charge in [-0.05, 0) is 6.92 Å². The summed E-state index contributed by atoms with van der Waals surface area (Å²) in [4.78, 5) is 0. The monoisotopic (exact) mass is 140 g/mol. The van der Waals surface area contributed by atoms with Crippen LogP contribution in [0.25, 0.3) is 0 Å². The second kappa shape index (κ2) is 4.06. The van der Waals surface area contributed by atoms with Crippen LogP contribution in [0.5, 0.6) is 0 Å². The zero-order valence-corrected chi connectivity index (χ0v) is 5.75. The first-order chi connectivity index (χ1) is 4.93. The lowest BCUT2D eigenvalue weighted by Gasteiger charge is -1.95. The Hall–Kier alpha value is -0.830. The quantitative estimate of drug-likeness (QED) is 0.587. The van der Waals surface area contributed by atoms with E-state index in [2.05, 4.69) is 16.6 Å².